The van der Waals surface area contributed by atoms with Crippen molar-refractivity contribution in [2.24, 2.45) is 16.0 Å². The molecular formula is C19H15N5O4S. The minimum Gasteiger partial charge on any atom is -0.457 e. The SMILES string of the molecule is CC(C)C1=NN2C(=N)/C(=C\c3ccc(-c4cccc([N+](=O)[O-])c4)o3)C(=O)N=C2S1. The summed E-state index contributed by atoms with van der Waals surface area (Å²) in [7, 11) is 0. The number of fused-ring (bicyclic) bond motifs is 1. The van der Waals surface area contributed by atoms with Crippen LogP contribution in [0, 0.1) is 21.4 Å². The van der Waals surface area contributed by atoms with Crippen LogP contribution >= 0.6 is 11.8 Å². The molecule has 0 saturated heterocycles. The van der Waals surface area contributed by atoms with Crippen LogP contribution in [-0.4, -0.2) is 31.9 Å². The summed E-state index contributed by atoms with van der Waals surface area (Å²) in [5.74, 6) is 0.291. The topological polar surface area (TPSA) is 125 Å². The molecular weight excluding hydrogens is 394 g/mol. The average molecular weight is 409 g/mol. The van der Waals surface area contributed by atoms with Crippen molar-refractivity contribution in [3.05, 3.63) is 57.8 Å². The number of nitro benzene ring substituents is 1. The Morgan fingerprint density at radius 1 is 1.31 bits per heavy atom. The molecule has 0 aliphatic carbocycles. The summed E-state index contributed by atoms with van der Waals surface area (Å²) in [5.41, 5.74) is 0.551. The van der Waals surface area contributed by atoms with E-state index in [2.05, 4.69) is 10.1 Å². The predicted octanol–water partition coefficient (Wildman–Crippen LogP) is 4.13. The second-order valence-corrected chi connectivity index (χ2v) is 7.61. The number of rotatable bonds is 4. The zero-order valence-electron chi connectivity index (χ0n) is 15.4. The van der Waals surface area contributed by atoms with Crippen LogP contribution in [0.15, 0.2) is 56.5 Å². The zero-order valence-corrected chi connectivity index (χ0v) is 16.3. The molecule has 2 aliphatic heterocycles. The summed E-state index contributed by atoms with van der Waals surface area (Å²) in [6.07, 6.45) is 1.43. The second kappa shape index (κ2) is 7.13. The van der Waals surface area contributed by atoms with Gasteiger partial charge in [0.1, 0.15) is 16.6 Å². The third kappa shape index (κ3) is 3.49. The molecule has 146 valence electrons. The lowest BCUT2D eigenvalue weighted by Gasteiger charge is -2.19. The van der Waals surface area contributed by atoms with Gasteiger partial charge in [0.05, 0.1) is 10.5 Å². The van der Waals surface area contributed by atoms with Gasteiger partial charge in [0.2, 0.25) is 5.17 Å². The molecule has 0 saturated carbocycles. The van der Waals surface area contributed by atoms with E-state index in [1.54, 1.807) is 24.3 Å². The van der Waals surface area contributed by atoms with Crippen molar-refractivity contribution < 1.29 is 14.1 Å². The maximum atomic E-state index is 12.4. The molecule has 0 bridgehead atoms. The van der Waals surface area contributed by atoms with E-state index in [1.165, 1.54) is 35.0 Å². The van der Waals surface area contributed by atoms with Gasteiger partial charge in [-0.25, -0.2) is 0 Å². The van der Waals surface area contributed by atoms with E-state index in [9.17, 15) is 14.9 Å². The van der Waals surface area contributed by atoms with Crippen LogP contribution < -0.4 is 0 Å². The number of non-ortho nitro benzene ring substituents is 1. The number of thioether (sulfide) groups is 1. The van der Waals surface area contributed by atoms with Crippen molar-refractivity contribution in [3.8, 4) is 11.3 Å². The van der Waals surface area contributed by atoms with Gasteiger partial charge in [0.25, 0.3) is 11.6 Å². The number of aliphatic imine (C=N–C) groups is 1. The highest BCUT2D eigenvalue weighted by atomic mass is 32.2. The first-order valence-corrected chi connectivity index (χ1v) is 9.50. The summed E-state index contributed by atoms with van der Waals surface area (Å²) >= 11 is 1.28. The molecule has 29 heavy (non-hydrogen) atoms. The second-order valence-electron chi connectivity index (χ2n) is 6.62. The van der Waals surface area contributed by atoms with Crippen molar-refractivity contribution >= 4 is 45.5 Å². The highest BCUT2D eigenvalue weighted by Gasteiger charge is 2.36. The van der Waals surface area contributed by atoms with Gasteiger partial charge >= 0.3 is 0 Å². The van der Waals surface area contributed by atoms with Crippen molar-refractivity contribution in [2.45, 2.75) is 13.8 Å². The molecule has 0 spiro atoms. The molecule has 1 amide bonds. The number of furan rings is 1. The molecule has 1 aromatic heterocycles. The highest BCUT2D eigenvalue weighted by molar-refractivity contribution is 8.27. The van der Waals surface area contributed by atoms with Crippen LogP contribution in [0.5, 0.6) is 0 Å². The minimum atomic E-state index is -0.540. The van der Waals surface area contributed by atoms with Gasteiger partial charge in [-0.15, -0.1) is 0 Å². The molecule has 10 heteroatoms. The van der Waals surface area contributed by atoms with E-state index in [4.69, 9.17) is 9.83 Å². The summed E-state index contributed by atoms with van der Waals surface area (Å²) in [4.78, 5) is 26.9. The van der Waals surface area contributed by atoms with Gasteiger partial charge in [-0.05, 0) is 30.0 Å². The Balaban J connectivity index is 1.64. The molecule has 1 N–H and O–H groups in total. The highest BCUT2D eigenvalue weighted by Crippen LogP contribution is 2.32. The number of nitro groups is 1. The number of carbonyl (C=O) groups excluding carboxylic acids is 1. The van der Waals surface area contributed by atoms with Crippen LogP contribution in [-0.2, 0) is 4.79 Å². The normalized spacial score (nSPS) is 17.6. The minimum absolute atomic E-state index is 0.0461. The number of hydrogen-bond donors (Lipinski definition) is 1. The van der Waals surface area contributed by atoms with E-state index in [0.29, 0.717) is 22.3 Å². The van der Waals surface area contributed by atoms with Crippen molar-refractivity contribution in [1.82, 2.24) is 5.01 Å². The van der Waals surface area contributed by atoms with Gasteiger partial charge < -0.3 is 4.42 Å². The van der Waals surface area contributed by atoms with Gasteiger partial charge in [-0.2, -0.15) is 15.1 Å². The summed E-state index contributed by atoms with van der Waals surface area (Å²) in [5, 5.41) is 26.2. The fourth-order valence-electron chi connectivity index (χ4n) is 2.74. The van der Waals surface area contributed by atoms with Crippen LogP contribution in [0.2, 0.25) is 0 Å². The first kappa shape index (κ1) is 18.8. The van der Waals surface area contributed by atoms with E-state index in [0.717, 1.165) is 5.04 Å². The average Bonchev–Trinajstić information content (AvgIpc) is 3.32. The number of benzene rings is 1. The van der Waals surface area contributed by atoms with Crippen molar-refractivity contribution in [3.63, 3.8) is 0 Å². The maximum absolute atomic E-state index is 12.4. The van der Waals surface area contributed by atoms with Crippen LogP contribution in [0.1, 0.15) is 19.6 Å². The lowest BCUT2D eigenvalue weighted by Crippen LogP contribution is -2.35. The van der Waals surface area contributed by atoms with Crippen molar-refractivity contribution in [2.75, 3.05) is 0 Å². The fraction of sp³-hybridized carbons (Fsp3) is 0.158. The van der Waals surface area contributed by atoms with Crippen LogP contribution in [0.4, 0.5) is 5.69 Å². The van der Waals surface area contributed by atoms with E-state index in [1.807, 2.05) is 13.8 Å². The maximum Gasteiger partial charge on any atom is 0.283 e. The largest absolute Gasteiger partial charge is 0.457 e. The number of nitrogens with zero attached hydrogens (tertiary/aromatic N) is 4. The van der Waals surface area contributed by atoms with E-state index in [-0.39, 0.29) is 23.0 Å². The van der Waals surface area contributed by atoms with Gasteiger partial charge in [-0.1, -0.05) is 26.0 Å². The quantitative estimate of drug-likeness (QED) is 0.460. The number of nitrogens with one attached hydrogen (secondary N) is 1. The first-order valence-electron chi connectivity index (χ1n) is 8.68. The Hall–Kier alpha value is -3.53. The number of amides is 1. The van der Waals surface area contributed by atoms with Crippen LogP contribution in [0.3, 0.4) is 0 Å². The standard InChI is InChI=1S/C19H15N5O4S/c1-10(2)18-22-23-16(20)14(17(25)21-19(23)29-18)9-13-6-7-15(28-13)11-4-3-5-12(8-11)24(26)27/h3-10,20H,1-2H3/b14-9+,20-16?. The number of hydrogen-bond acceptors (Lipinski definition) is 7. The molecule has 3 heterocycles. The molecule has 1 aromatic carbocycles. The molecule has 0 atom stereocenters. The van der Waals surface area contributed by atoms with E-state index < -0.39 is 10.8 Å². The van der Waals surface area contributed by atoms with Crippen LogP contribution in [0.25, 0.3) is 17.4 Å². The Morgan fingerprint density at radius 3 is 2.83 bits per heavy atom. The molecule has 2 aliphatic rings. The third-order valence-corrected chi connectivity index (χ3v) is 5.43. The summed E-state index contributed by atoms with van der Waals surface area (Å²) in [6, 6.07) is 9.34. The van der Waals surface area contributed by atoms with Gasteiger partial charge in [0, 0.05) is 23.6 Å². The summed E-state index contributed by atoms with van der Waals surface area (Å²) in [6.45, 7) is 3.96. The van der Waals surface area contributed by atoms with Crippen molar-refractivity contribution in [1.29, 1.82) is 5.41 Å². The molecule has 0 radical (unpaired) electrons. The molecule has 9 nitrogen and oxygen atoms in total. The Kier molecular flexibility index (Phi) is 4.63. The van der Waals surface area contributed by atoms with E-state index >= 15 is 0 Å². The first-order chi connectivity index (χ1) is 13.8. The lowest BCUT2D eigenvalue weighted by atomic mass is 10.1. The van der Waals surface area contributed by atoms with Gasteiger partial charge in [0.15, 0.2) is 5.84 Å². The predicted molar refractivity (Wildman–Crippen MR) is 111 cm³/mol. The molecule has 0 unspecified atom stereocenters. The third-order valence-electron chi connectivity index (χ3n) is 4.22. The molecule has 2 aromatic rings. The summed E-state index contributed by atoms with van der Waals surface area (Å²) < 4.78 is 5.72. The molecule has 0 fully saturated rings. The smallest absolute Gasteiger partial charge is 0.283 e. The monoisotopic (exact) mass is 409 g/mol. The number of carbonyl (C=O) groups is 1. The number of amidine groups is 2. The lowest BCUT2D eigenvalue weighted by molar-refractivity contribution is -0.384. The Morgan fingerprint density at radius 2 is 2.10 bits per heavy atom. The fourth-order valence-corrected chi connectivity index (χ4v) is 3.63. The van der Waals surface area contributed by atoms with Gasteiger partial charge in [-0.3, -0.25) is 20.3 Å². The Bertz CT molecular complexity index is 1140. The zero-order chi connectivity index (χ0) is 20.7. The Labute approximate surface area is 169 Å². The number of hydrazone groups is 1. The molecule has 4 rings (SSSR count).